The minimum atomic E-state index is -0.130. The number of rotatable bonds is 3. The average Bonchev–Trinajstić information content (AvgIpc) is 2.48. The van der Waals surface area contributed by atoms with Gasteiger partial charge in [0.25, 0.3) is 0 Å². The van der Waals surface area contributed by atoms with Gasteiger partial charge in [-0.1, -0.05) is 30.7 Å². The van der Waals surface area contributed by atoms with Gasteiger partial charge in [0.1, 0.15) is 6.10 Å². The zero-order chi connectivity index (χ0) is 13.8. The van der Waals surface area contributed by atoms with Crippen molar-refractivity contribution in [3.63, 3.8) is 0 Å². The van der Waals surface area contributed by atoms with Crippen molar-refractivity contribution < 1.29 is 9.53 Å². The Kier molecular flexibility index (Phi) is 3.95. The molecule has 1 aliphatic rings. The van der Waals surface area contributed by atoms with E-state index in [-0.39, 0.29) is 12.1 Å². The molecule has 3 rings (SSSR count). The molecular formula is C17H19NO2. The summed E-state index contributed by atoms with van der Waals surface area (Å²) in [5.74, 6) is -0.130. The molecule has 104 valence electrons. The van der Waals surface area contributed by atoms with E-state index in [1.807, 2.05) is 30.3 Å². The third-order valence-electron chi connectivity index (χ3n) is 3.90. The number of pyridine rings is 1. The summed E-state index contributed by atoms with van der Waals surface area (Å²) < 4.78 is 5.58. The number of aromatic nitrogens is 1. The van der Waals surface area contributed by atoms with Gasteiger partial charge < -0.3 is 4.74 Å². The molecule has 1 aromatic heterocycles. The van der Waals surface area contributed by atoms with Gasteiger partial charge in [0.05, 0.1) is 11.9 Å². The summed E-state index contributed by atoms with van der Waals surface area (Å²) in [5.41, 5.74) is 1.85. The van der Waals surface area contributed by atoms with Crippen LogP contribution in [-0.4, -0.2) is 17.1 Å². The van der Waals surface area contributed by atoms with Crippen LogP contribution in [0.25, 0.3) is 10.9 Å². The molecule has 1 saturated carbocycles. The first-order chi connectivity index (χ1) is 9.83. The van der Waals surface area contributed by atoms with Gasteiger partial charge in [-0.3, -0.25) is 9.78 Å². The van der Waals surface area contributed by atoms with E-state index >= 15 is 0 Å². The quantitative estimate of drug-likeness (QED) is 0.798. The van der Waals surface area contributed by atoms with E-state index in [1.165, 1.54) is 19.3 Å². The molecule has 20 heavy (non-hydrogen) atoms. The van der Waals surface area contributed by atoms with Crippen LogP contribution in [0.15, 0.2) is 36.5 Å². The number of nitrogens with zero attached hydrogens (tertiary/aromatic N) is 1. The summed E-state index contributed by atoms with van der Waals surface area (Å²) in [7, 11) is 0. The lowest BCUT2D eigenvalue weighted by molar-refractivity contribution is -0.149. The van der Waals surface area contributed by atoms with Crippen molar-refractivity contribution in [2.24, 2.45) is 0 Å². The van der Waals surface area contributed by atoms with Crippen molar-refractivity contribution in [2.75, 3.05) is 0 Å². The van der Waals surface area contributed by atoms with E-state index in [9.17, 15) is 4.79 Å². The van der Waals surface area contributed by atoms with Crippen molar-refractivity contribution in [2.45, 2.75) is 44.6 Å². The molecule has 0 aliphatic heterocycles. The second-order valence-electron chi connectivity index (χ2n) is 5.42. The van der Waals surface area contributed by atoms with Gasteiger partial charge in [-0.15, -0.1) is 0 Å². The molecule has 1 aliphatic carbocycles. The molecule has 0 saturated heterocycles. The molecule has 3 heteroatoms. The molecule has 0 unspecified atom stereocenters. The molecule has 3 nitrogen and oxygen atoms in total. The van der Waals surface area contributed by atoms with E-state index in [0.717, 1.165) is 29.3 Å². The van der Waals surface area contributed by atoms with Crippen molar-refractivity contribution in [3.05, 3.63) is 42.1 Å². The molecule has 1 heterocycles. The van der Waals surface area contributed by atoms with E-state index in [1.54, 1.807) is 6.20 Å². The van der Waals surface area contributed by atoms with Gasteiger partial charge in [0, 0.05) is 11.6 Å². The molecule has 0 amide bonds. The Morgan fingerprint density at radius 2 is 1.95 bits per heavy atom. The number of esters is 1. The Labute approximate surface area is 119 Å². The zero-order valence-electron chi connectivity index (χ0n) is 11.5. The first-order valence-corrected chi connectivity index (χ1v) is 7.35. The van der Waals surface area contributed by atoms with E-state index in [2.05, 4.69) is 4.98 Å². The number of ether oxygens (including phenoxy) is 1. The highest BCUT2D eigenvalue weighted by Crippen LogP contribution is 2.22. The maximum absolute atomic E-state index is 12.1. The van der Waals surface area contributed by atoms with Gasteiger partial charge in [0.2, 0.25) is 0 Å². The van der Waals surface area contributed by atoms with Crippen LogP contribution >= 0.6 is 0 Å². The molecule has 0 spiro atoms. The van der Waals surface area contributed by atoms with Crippen LogP contribution in [0.5, 0.6) is 0 Å². The molecule has 1 aromatic carbocycles. The Hall–Kier alpha value is -1.90. The predicted molar refractivity (Wildman–Crippen MR) is 78.4 cm³/mol. The van der Waals surface area contributed by atoms with Crippen LogP contribution in [0, 0.1) is 0 Å². The van der Waals surface area contributed by atoms with Crippen molar-refractivity contribution >= 4 is 16.9 Å². The van der Waals surface area contributed by atoms with Gasteiger partial charge in [-0.05, 0) is 37.3 Å². The summed E-state index contributed by atoms with van der Waals surface area (Å²) in [6.07, 6.45) is 7.84. The van der Waals surface area contributed by atoms with E-state index in [4.69, 9.17) is 4.74 Å². The molecule has 1 fully saturated rings. The number of hydrogen-bond acceptors (Lipinski definition) is 3. The SMILES string of the molecule is O=C(Cc1cccc2cccnc12)OC1CCCCC1. The maximum Gasteiger partial charge on any atom is 0.310 e. The minimum Gasteiger partial charge on any atom is -0.462 e. The summed E-state index contributed by atoms with van der Waals surface area (Å²) in [6.45, 7) is 0. The highest BCUT2D eigenvalue weighted by molar-refractivity contribution is 5.85. The molecule has 0 bridgehead atoms. The zero-order valence-corrected chi connectivity index (χ0v) is 11.5. The number of carbonyl (C=O) groups is 1. The highest BCUT2D eigenvalue weighted by Gasteiger charge is 2.18. The number of para-hydroxylation sites is 1. The predicted octanol–water partition coefficient (Wildman–Crippen LogP) is 3.65. The average molecular weight is 269 g/mol. The van der Waals surface area contributed by atoms with Crippen molar-refractivity contribution in [3.8, 4) is 0 Å². The van der Waals surface area contributed by atoms with Crippen molar-refractivity contribution in [1.29, 1.82) is 0 Å². The van der Waals surface area contributed by atoms with Crippen LogP contribution in [0.3, 0.4) is 0 Å². The monoisotopic (exact) mass is 269 g/mol. The summed E-state index contributed by atoms with van der Waals surface area (Å²) in [4.78, 5) is 16.4. The van der Waals surface area contributed by atoms with Crippen LogP contribution in [0.2, 0.25) is 0 Å². The number of hydrogen-bond donors (Lipinski definition) is 0. The highest BCUT2D eigenvalue weighted by atomic mass is 16.5. The standard InChI is InChI=1S/C17H19NO2/c19-16(20-15-9-2-1-3-10-15)12-14-7-4-6-13-8-5-11-18-17(13)14/h4-8,11,15H,1-3,9-10,12H2. The summed E-state index contributed by atoms with van der Waals surface area (Å²) >= 11 is 0. The Morgan fingerprint density at radius 3 is 2.80 bits per heavy atom. The van der Waals surface area contributed by atoms with Gasteiger partial charge in [-0.2, -0.15) is 0 Å². The molecule has 0 N–H and O–H groups in total. The van der Waals surface area contributed by atoms with Crippen molar-refractivity contribution in [1.82, 2.24) is 4.98 Å². The van der Waals surface area contributed by atoms with Gasteiger partial charge in [-0.25, -0.2) is 0 Å². The lowest BCUT2D eigenvalue weighted by Gasteiger charge is -2.21. The second-order valence-corrected chi connectivity index (χ2v) is 5.42. The first kappa shape index (κ1) is 13.1. The molecule has 0 radical (unpaired) electrons. The van der Waals surface area contributed by atoms with Gasteiger partial charge in [0.15, 0.2) is 0 Å². The number of fused-ring (bicyclic) bond motifs is 1. The van der Waals surface area contributed by atoms with Crippen LogP contribution in [0.4, 0.5) is 0 Å². The topological polar surface area (TPSA) is 39.2 Å². The molecule has 0 atom stereocenters. The Bertz CT molecular complexity index is 597. The fourth-order valence-corrected chi connectivity index (χ4v) is 2.88. The van der Waals surface area contributed by atoms with Crippen LogP contribution in [0.1, 0.15) is 37.7 Å². The van der Waals surface area contributed by atoms with E-state index < -0.39 is 0 Å². The van der Waals surface area contributed by atoms with Crippen LogP contribution < -0.4 is 0 Å². The molecule has 2 aromatic rings. The third kappa shape index (κ3) is 2.98. The summed E-state index contributed by atoms with van der Waals surface area (Å²) in [6, 6.07) is 9.85. The largest absolute Gasteiger partial charge is 0.462 e. The fourth-order valence-electron chi connectivity index (χ4n) is 2.88. The van der Waals surface area contributed by atoms with Crippen LogP contribution in [-0.2, 0) is 16.0 Å². The Morgan fingerprint density at radius 1 is 1.15 bits per heavy atom. The van der Waals surface area contributed by atoms with E-state index in [0.29, 0.717) is 6.42 Å². The number of carbonyl (C=O) groups excluding carboxylic acids is 1. The van der Waals surface area contributed by atoms with Gasteiger partial charge >= 0.3 is 5.97 Å². The normalized spacial score (nSPS) is 16.2. The first-order valence-electron chi connectivity index (χ1n) is 7.35. The number of benzene rings is 1. The molecular weight excluding hydrogens is 250 g/mol. The maximum atomic E-state index is 12.1. The third-order valence-corrected chi connectivity index (χ3v) is 3.90. The smallest absolute Gasteiger partial charge is 0.310 e. The lowest BCUT2D eigenvalue weighted by Crippen LogP contribution is -2.22. The second kappa shape index (κ2) is 6.04. The Balaban J connectivity index is 1.71. The lowest BCUT2D eigenvalue weighted by atomic mass is 9.98. The fraction of sp³-hybridized carbons (Fsp3) is 0.412. The summed E-state index contributed by atoms with van der Waals surface area (Å²) in [5, 5.41) is 1.07. The minimum absolute atomic E-state index is 0.124.